The van der Waals surface area contributed by atoms with Gasteiger partial charge in [0, 0.05) is 18.8 Å². The first-order chi connectivity index (χ1) is 8.81. The molecule has 2 heteroatoms. The molecule has 0 radical (unpaired) electrons. The van der Waals surface area contributed by atoms with Gasteiger partial charge in [-0.25, -0.2) is 0 Å². The summed E-state index contributed by atoms with van der Waals surface area (Å²) in [6, 6.07) is 8.84. The van der Waals surface area contributed by atoms with E-state index in [4.69, 9.17) is 4.74 Å². The fourth-order valence-electron chi connectivity index (χ4n) is 2.24. The van der Waals surface area contributed by atoms with Crippen molar-refractivity contribution >= 4 is 5.70 Å². The van der Waals surface area contributed by atoms with Crippen LogP contribution in [0.4, 0.5) is 0 Å². The number of hydrogen-bond donors (Lipinski definition) is 0. The predicted molar refractivity (Wildman–Crippen MR) is 76.5 cm³/mol. The van der Waals surface area contributed by atoms with E-state index < -0.39 is 0 Å². The maximum absolute atomic E-state index is 5.44. The van der Waals surface area contributed by atoms with Crippen molar-refractivity contribution in [1.82, 2.24) is 4.90 Å². The van der Waals surface area contributed by atoms with E-state index in [0.29, 0.717) is 0 Å². The lowest BCUT2D eigenvalue weighted by Crippen LogP contribution is -2.35. The third-order valence-electron chi connectivity index (χ3n) is 3.33. The second-order valence-corrected chi connectivity index (χ2v) is 4.84. The third kappa shape index (κ3) is 3.36. The molecule has 0 N–H and O–H groups in total. The smallest absolute Gasteiger partial charge is 0.0642 e. The summed E-state index contributed by atoms with van der Waals surface area (Å²) in [6.45, 7) is 8.05. The number of morpholine rings is 1. The SMILES string of the molecule is CCC/C=C(\c1ccc(C)cc1)N1CCOCC1. The summed E-state index contributed by atoms with van der Waals surface area (Å²) in [7, 11) is 0. The topological polar surface area (TPSA) is 12.5 Å². The zero-order valence-electron chi connectivity index (χ0n) is 11.5. The number of nitrogens with zero attached hydrogens (tertiary/aromatic N) is 1. The van der Waals surface area contributed by atoms with Gasteiger partial charge in [0.15, 0.2) is 0 Å². The van der Waals surface area contributed by atoms with Crippen LogP contribution in [0.2, 0.25) is 0 Å². The molecular formula is C16H23NO. The van der Waals surface area contributed by atoms with Gasteiger partial charge in [0.25, 0.3) is 0 Å². The van der Waals surface area contributed by atoms with Gasteiger partial charge in [-0.1, -0.05) is 49.2 Å². The Labute approximate surface area is 110 Å². The lowest BCUT2D eigenvalue weighted by molar-refractivity contribution is 0.0639. The minimum atomic E-state index is 0.843. The Morgan fingerprint density at radius 1 is 1.22 bits per heavy atom. The van der Waals surface area contributed by atoms with E-state index in [1.54, 1.807) is 0 Å². The molecule has 98 valence electrons. The fraction of sp³-hybridized carbons (Fsp3) is 0.500. The van der Waals surface area contributed by atoms with Crippen LogP contribution in [0, 0.1) is 6.92 Å². The number of unbranched alkanes of at least 4 members (excludes halogenated alkanes) is 1. The van der Waals surface area contributed by atoms with Gasteiger partial charge in [-0.2, -0.15) is 0 Å². The molecule has 1 aromatic rings. The van der Waals surface area contributed by atoms with Gasteiger partial charge in [-0.05, 0) is 18.9 Å². The average molecular weight is 245 g/mol. The van der Waals surface area contributed by atoms with Crippen molar-refractivity contribution in [3.63, 3.8) is 0 Å². The highest BCUT2D eigenvalue weighted by atomic mass is 16.5. The number of allylic oxidation sites excluding steroid dienone is 1. The zero-order chi connectivity index (χ0) is 12.8. The maximum Gasteiger partial charge on any atom is 0.0642 e. The molecule has 0 bridgehead atoms. The highest BCUT2D eigenvalue weighted by molar-refractivity contribution is 5.64. The van der Waals surface area contributed by atoms with Crippen LogP contribution < -0.4 is 0 Å². The van der Waals surface area contributed by atoms with Crippen molar-refractivity contribution in [3.8, 4) is 0 Å². The van der Waals surface area contributed by atoms with Crippen molar-refractivity contribution in [1.29, 1.82) is 0 Å². The molecule has 1 heterocycles. The average Bonchev–Trinajstić information content (AvgIpc) is 2.42. The Balaban J connectivity index is 2.21. The summed E-state index contributed by atoms with van der Waals surface area (Å²) in [4.78, 5) is 2.45. The van der Waals surface area contributed by atoms with Crippen LogP contribution >= 0.6 is 0 Å². The Hall–Kier alpha value is -1.28. The van der Waals surface area contributed by atoms with E-state index in [1.807, 2.05) is 0 Å². The Bertz CT molecular complexity index is 388. The molecular weight excluding hydrogens is 222 g/mol. The van der Waals surface area contributed by atoms with Gasteiger partial charge in [-0.15, -0.1) is 0 Å². The summed E-state index contributed by atoms with van der Waals surface area (Å²) in [5, 5.41) is 0. The van der Waals surface area contributed by atoms with Gasteiger partial charge >= 0.3 is 0 Å². The summed E-state index contributed by atoms with van der Waals surface area (Å²) in [5.74, 6) is 0. The Morgan fingerprint density at radius 2 is 1.89 bits per heavy atom. The molecule has 0 spiro atoms. The van der Waals surface area contributed by atoms with Crippen molar-refractivity contribution in [2.75, 3.05) is 26.3 Å². The highest BCUT2D eigenvalue weighted by Gasteiger charge is 2.14. The molecule has 1 saturated heterocycles. The predicted octanol–water partition coefficient (Wildman–Crippen LogP) is 3.47. The number of ether oxygens (including phenoxy) is 1. The summed E-state index contributed by atoms with van der Waals surface area (Å²) < 4.78 is 5.44. The van der Waals surface area contributed by atoms with E-state index in [9.17, 15) is 0 Å². The monoisotopic (exact) mass is 245 g/mol. The van der Waals surface area contributed by atoms with Crippen LogP contribution in [0.25, 0.3) is 5.70 Å². The molecule has 1 aliphatic rings. The third-order valence-corrected chi connectivity index (χ3v) is 3.33. The normalized spacial score (nSPS) is 17.0. The van der Waals surface area contributed by atoms with Gasteiger partial charge in [0.1, 0.15) is 0 Å². The number of hydrogen-bond acceptors (Lipinski definition) is 2. The van der Waals surface area contributed by atoms with E-state index in [-0.39, 0.29) is 0 Å². The van der Waals surface area contributed by atoms with Gasteiger partial charge < -0.3 is 9.64 Å². The first-order valence-corrected chi connectivity index (χ1v) is 6.91. The van der Waals surface area contributed by atoms with Crippen molar-refractivity contribution in [2.45, 2.75) is 26.7 Å². The molecule has 1 aromatic carbocycles. The van der Waals surface area contributed by atoms with Crippen LogP contribution in [0.5, 0.6) is 0 Å². The lowest BCUT2D eigenvalue weighted by Gasteiger charge is -2.31. The van der Waals surface area contributed by atoms with Gasteiger partial charge in [0.2, 0.25) is 0 Å². The molecule has 0 saturated carbocycles. The van der Waals surface area contributed by atoms with Crippen LogP contribution in [-0.2, 0) is 4.74 Å². The van der Waals surface area contributed by atoms with Crippen molar-refractivity contribution < 1.29 is 4.74 Å². The Morgan fingerprint density at radius 3 is 2.50 bits per heavy atom. The number of aryl methyl sites for hydroxylation is 1. The molecule has 0 amide bonds. The van der Waals surface area contributed by atoms with Crippen LogP contribution in [0.3, 0.4) is 0 Å². The molecule has 18 heavy (non-hydrogen) atoms. The van der Waals surface area contributed by atoms with E-state index in [2.05, 4.69) is 49.1 Å². The summed E-state index contributed by atoms with van der Waals surface area (Å²) >= 11 is 0. The largest absolute Gasteiger partial charge is 0.378 e. The second kappa shape index (κ2) is 6.60. The van der Waals surface area contributed by atoms with Crippen molar-refractivity contribution in [2.24, 2.45) is 0 Å². The molecule has 2 rings (SSSR count). The molecule has 0 aliphatic carbocycles. The Kier molecular flexibility index (Phi) is 4.82. The van der Waals surface area contributed by atoms with Crippen molar-refractivity contribution in [3.05, 3.63) is 41.5 Å². The van der Waals surface area contributed by atoms with Crippen LogP contribution in [0.1, 0.15) is 30.9 Å². The molecule has 0 unspecified atom stereocenters. The van der Waals surface area contributed by atoms with Gasteiger partial charge in [0.05, 0.1) is 13.2 Å². The summed E-state index contributed by atoms with van der Waals surface area (Å²) in [5.41, 5.74) is 4.02. The number of benzene rings is 1. The fourth-order valence-corrected chi connectivity index (χ4v) is 2.24. The van der Waals surface area contributed by atoms with E-state index in [0.717, 1.165) is 32.7 Å². The first kappa shape index (κ1) is 13.2. The minimum Gasteiger partial charge on any atom is -0.378 e. The van der Waals surface area contributed by atoms with E-state index in [1.165, 1.54) is 23.2 Å². The minimum absolute atomic E-state index is 0.843. The molecule has 1 aliphatic heterocycles. The molecule has 0 aromatic heterocycles. The maximum atomic E-state index is 5.44. The van der Waals surface area contributed by atoms with Gasteiger partial charge in [-0.3, -0.25) is 0 Å². The highest BCUT2D eigenvalue weighted by Crippen LogP contribution is 2.22. The molecule has 0 atom stereocenters. The van der Waals surface area contributed by atoms with Crippen LogP contribution in [-0.4, -0.2) is 31.2 Å². The standard InChI is InChI=1S/C16H23NO/c1-3-4-5-16(17-10-12-18-13-11-17)15-8-6-14(2)7-9-15/h5-9H,3-4,10-13H2,1-2H3/b16-5+. The quantitative estimate of drug-likeness (QED) is 0.805. The first-order valence-electron chi connectivity index (χ1n) is 6.91. The second-order valence-electron chi connectivity index (χ2n) is 4.84. The number of rotatable bonds is 4. The zero-order valence-corrected chi connectivity index (χ0v) is 11.5. The van der Waals surface area contributed by atoms with E-state index >= 15 is 0 Å². The summed E-state index contributed by atoms with van der Waals surface area (Å²) in [6.07, 6.45) is 4.70. The van der Waals surface area contributed by atoms with Crippen LogP contribution in [0.15, 0.2) is 30.3 Å². The lowest BCUT2D eigenvalue weighted by atomic mass is 10.1. The molecule has 1 fully saturated rings. The molecule has 2 nitrogen and oxygen atoms in total.